The van der Waals surface area contributed by atoms with Gasteiger partial charge in [0.2, 0.25) is 5.78 Å². The first-order valence-corrected chi connectivity index (χ1v) is 6.54. The second-order valence-corrected chi connectivity index (χ2v) is 4.92. The van der Waals surface area contributed by atoms with Crippen molar-refractivity contribution in [2.45, 2.75) is 6.92 Å². The molecule has 3 aromatic rings. The van der Waals surface area contributed by atoms with Gasteiger partial charge in [0.25, 0.3) is 0 Å². The van der Waals surface area contributed by atoms with E-state index in [9.17, 15) is 19.1 Å². The summed E-state index contributed by atoms with van der Waals surface area (Å²) in [5.41, 5.74) is 0.140. The second kappa shape index (κ2) is 5.11. The summed E-state index contributed by atoms with van der Waals surface area (Å²) in [7, 11) is 0. The summed E-state index contributed by atoms with van der Waals surface area (Å²) < 4.78 is 18.1. The first-order chi connectivity index (χ1) is 10.5. The Morgan fingerprint density at radius 3 is 2.50 bits per heavy atom. The molecular formula is C17H11FO4. The number of benzene rings is 2. The van der Waals surface area contributed by atoms with Crippen molar-refractivity contribution in [2.24, 2.45) is 0 Å². The Hall–Kier alpha value is -2.95. The lowest BCUT2D eigenvalue weighted by molar-refractivity contribution is 0.103. The minimum absolute atomic E-state index is 0.0272. The van der Waals surface area contributed by atoms with Gasteiger partial charge in [0.15, 0.2) is 5.58 Å². The monoisotopic (exact) mass is 298 g/mol. The third kappa shape index (κ3) is 2.26. The number of aryl methyl sites for hydroxylation is 1. The molecule has 2 aromatic carbocycles. The van der Waals surface area contributed by atoms with Crippen LogP contribution in [0.25, 0.3) is 11.0 Å². The van der Waals surface area contributed by atoms with Crippen LogP contribution in [0, 0.1) is 12.7 Å². The SMILES string of the molecule is Cc1cc(=O)oc2c(C(=O)c3ccc(F)cc3)c(O)ccc12. The Kier molecular flexibility index (Phi) is 3.25. The van der Waals surface area contributed by atoms with Gasteiger partial charge in [-0.1, -0.05) is 0 Å². The molecule has 0 aliphatic heterocycles. The molecule has 0 aliphatic carbocycles. The third-order valence-electron chi connectivity index (χ3n) is 3.43. The quantitative estimate of drug-likeness (QED) is 0.583. The summed E-state index contributed by atoms with van der Waals surface area (Å²) >= 11 is 0. The predicted octanol–water partition coefficient (Wildman–Crippen LogP) is 3.18. The zero-order chi connectivity index (χ0) is 15.9. The summed E-state index contributed by atoms with van der Waals surface area (Å²) in [5.74, 6) is -1.31. The van der Waals surface area contributed by atoms with Gasteiger partial charge < -0.3 is 9.52 Å². The van der Waals surface area contributed by atoms with Crippen LogP contribution in [0.5, 0.6) is 5.75 Å². The number of hydrogen-bond donors (Lipinski definition) is 1. The highest BCUT2D eigenvalue weighted by molar-refractivity contribution is 6.17. The standard InChI is InChI=1S/C17H11FO4/c1-9-8-14(20)22-17-12(9)6-7-13(19)15(17)16(21)10-2-4-11(18)5-3-10/h2-8,19H,1H3. The Labute approximate surface area is 124 Å². The number of hydrogen-bond acceptors (Lipinski definition) is 4. The van der Waals surface area contributed by atoms with Crippen molar-refractivity contribution in [2.75, 3.05) is 0 Å². The van der Waals surface area contributed by atoms with Crippen molar-refractivity contribution in [3.63, 3.8) is 0 Å². The lowest BCUT2D eigenvalue weighted by Crippen LogP contribution is -2.06. The van der Waals surface area contributed by atoms with Gasteiger partial charge in [0.1, 0.15) is 17.1 Å². The molecule has 1 aromatic heterocycles. The minimum Gasteiger partial charge on any atom is -0.507 e. The number of carbonyl (C=O) groups is 1. The van der Waals surface area contributed by atoms with Crippen LogP contribution >= 0.6 is 0 Å². The van der Waals surface area contributed by atoms with Gasteiger partial charge in [-0.2, -0.15) is 0 Å². The lowest BCUT2D eigenvalue weighted by Gasteiger charge is -2.08. The predicted molar refractivity (Wildman–Crippen MR) is 78.7 cm³/mol. The molecule has 1 N–H and O–H groups in total. The zero-order valence-electron chi connectivity index (χ0n) is 11.6. The molecule has 22 heavy (non-hydrogen) atoms. The summed E-state index contributed by atoms with van der Waals surface area (Å²) in [5, 5.41) is 10.6. The van der Waals surface area contributed by atoms with E-state index in [4.69, 9.17) is 4.42 Å². The molecule has 0 fully saturated rings. The fourth-order valence-corrected chi connectivity index (χ4v) is 2.34. The van der Waals surface area contributed by atoms with Crippen molar-refractivity contribution >= 4 is 16.8 Å². The van der Waals surface area contributed by atoms with E-state index in [2.05, 4.69) is 0 Å². The van der Waals surface area contributed by atoms with Gasteiger partial charge in [-0.15, -0.1) is 0 Å². The summed E-state index contributed by atoms with van der Waals surface area (Å²) in [6, 6.07) is 9.17. The fourth-order valence-electron chi connectivity index (χ4n) is 2.34. The normalized spacial score (nSPS) is 10.8. The van der Waals surface area contributed by atoms with Gasteiger partial charge in [-0.3, -0.25) is 4.79 Å². The molecule has 0 aliphatic rings. The van der Waals surface area contributed by atoms with Crippen LogP contribution in [0.15, 0.2) is 51.7 Å². The van der Waals surface area contributed by atoms with E-state index in [0.717, 1.165) is 12.1 Å². The first-order valence-electron chi connectivity index (χ1n) is 6.54. The molecule has 0 atom stereocenters. The first kappa shape index (κ1) is 14.0. The topological polar surface area (TPSA) is 67.5 Å². The van der Waals surface area contributed by atoms with Crippen LogP contribution in [-0.4, -0.2) is 10.9 Å². The van der Waals surface area contributed by atoms with Crippen molar-refractivity contribution in [1.82, 2.24) is 0 Å². The number of carbonyl (C=O) groups excluding carboxylic acids is 1. The molecule has 0 spiro atoms. The highest BCUT2D eigenvalue weighted by atomic mass is 19.1. The summed E-state index contributed by atoms with van der Waals surface area (Å²) in [4.78, 5) is 24.1. The third-order valence-corrected chi connectivity index (χ3v) is 3.43. The van der Waals surface area contributed by atoms with E-state index in [1.165, 1.54) is 24.3 Å². The van der Waals surface area contributed by atoms with Crippen molar-refractivity contribution < 1.29 is 18.7 Å². The molecule has 0 saturated heterocycles. The Morgan fingerprint density at radius 2 is 1.82 bits per heavy atom. The zero-order valence-corrected chi connectivity index (χ0v) is 11.6. The number of ketones is 1. The van der Waals surface area contributed by atoms with Gasteiger partial charge >= 0.3 is 5.63 Å². The fraction of sp³-hybridized carbons (Fsp3) is 0.0588. The molecule has 0 radical (unpaired) electrons. The smallest absolute Gasteiger partial charge is 0.336 e. The highest BCUT2D eigenvalue weighted by Gasteiger charge is 2.20. The molecule has 3 rings (SSSR count). The van der Waals surface area contributed by atoms with Crippen LogP contribution in [0.3, 0.4) is 0 Å². The molecule has 4 nitrogen and oxygen atoms in total. The summed E-state index contributed by atoms with van der Waals surface area (Å²) in [6.45, 7) is 1.71. The molecule has 0 bridgehead atoms. The number of halogens is 1. The Bertz CT molecular complexity index is 939. The van der Waals surface area contributed by atoms with Crippen LogP contribution in [-0.2, 0) is 0 Å². The van der Waals surface area contributed by atoms with E-state index in [-0.39, 0.29) is 22.5 Å². The van der Waals surface area contributed by atoms with Crippen LogP contribution < -0.4 is 5.63 Å². The maximum Gasteiger partial charge on any atom is 0.336 e. The molecule has 1 heterocycles. The number of fused-ring (bicyclic) bond motifs is 1. The lowest BCUT2D eigenvalue weighted by atomic mass is 9.98. The van der Waals surface area contributed by atoms with Crippen molar-refractivity contribution in [1.29, 1.82) is 0 Å². The number of phenols is 1. The Balaban J connectivity index is 2.30. The van der Waals surface area contributed by atoms with Crippen LogP contribution in [0.2, 0.25) is 0 Å². The van der Waals surface area contributed by atoms with E-state index >= 15 is 0 Å². The second-order valence-electron chi connectivity index (χ2n) is 4.92. The van der Waals surface area contributed by atoms with Crippen LogP contribution in [0.1, 0.15) is 21.5 Å². The molecule has 0 saturated carbocycles. The maximum absolute atomic E-state index is 13.0. The molecule has 5 heteroatoms. The van der Waals surface area contributed by atoms with E-state index in [0.29, 0.717) is 10.9 Å². The number of phenolic OH excluding ortho intramolecular Hbond substituents is 1. The largest absolute Gasteiger partial charge is 0.507 e. The molecule has 0 amide bonds. The van der Waals surface area contributed by atoms with E-state index in [1.54, 1.807) is 13.0 Å². The molecular weight excluding hydrogens is 287 g/mol. The number of rotatable bonds is 2. The molecule has 0 unspecified atom stereocenters. The maximum atomic E-state index is 13.0. The van der Waals surface area contributed by atoms with Crippen molar-refractivity contribution in [3.05, 3.63) is 75.4 Å². The number of aromatic hydroxyl groups is 1. The van der Waals surface area contributed by atoms with E-state index < -0.39 is 17.2 Å². The van der Waals surface area contributed by atoms with E-state index in [1.807, 2.05) is 0 Å². The van der Waals surface area contributed by atoms with Crippen molar-refractivity contribution in [3.8, 4) is 5.75 Å². The average Bonchev–Trinajstić information content (AvgIpc) is 2.47. The van der Waals surface area contributed by atoms with Gasteiger partial charge in [0, 0.05) is 17.0 Å². The van der Waals surface area contributed by atoms with Gasteiger partial charge in [-0.05, 0) is 48.9 Å². The molecule has 110 valence electrons. The Morgan fingerprint density at radius 1 is 1.14 bits per heavy atom. The highest BCUT2D eigenvalue weighted by Crippen LogP contribution is 2.30. The average molecular weight is 298 g/mol. The minimum atomic E-state index is -0.608. The van der Waals surface area contributed by atoms with Gasteiger partial charge in [0.05, 0.1) is 0 Å². The summed E-state index contributed by atoms with van der Waals surface area (Å²) in [6.07, 6.45) is 0. The van der Waals surface area contributed by atoms with Crippen LogP contribution in [0.4, 0.5) is 4.39 Å². The van der Waals surface area contributed by atoms with Gasteiger partial charge in [-0.25, -0.2) is 9.18 Å².